The summed E-state index contributed by atoms with van der Waals surface area (Å²) in [7, 11) is 0. The number of hydrogen-bond acceptors (Lipinski definition) is 3. The molecule has 100 valence electrons. The predicted molar refractivity (Wildman–Crippen MR) is 77.6 cm³/mol. The van der Waals surface area contributed by atoms with Crippen LogP contribution in [-0.4, -0.2) is 27.5 Å². The average molecular weight is 314 g/mol. The van der Waals surface area contributed by atoms with E-state index in [0.717, 1.165) is 18.3 Å². The van der Waals surface area contributed by atoms with Crippen LogP contribution in [0.5, 0.6) is 0 Å². The van der Waals surface area contributed by atoms with Crippen molar-refractivity contribution in [1.29, 1.82) is 0 Å². The molecule has 1 aromatic heterocycles. The molecule has 1 aliphatic carbocycles. The summed E-state index contributed by atoms with van der Waals surface area (Å²) in [6, 6.07) is 0.511. The molecule has 18 heavy (non-hydrogen) atoms. The topological polar surface area (TPSA) is 38.1 Å². The Morgan fingerprint density at radius 2 is 2.33 bits per heavy atom. The Morgan fingerprint density at radius 3 is 2.89 bits per heavy atom. The minimum atomic E-state index is 0.0430. The van der Waals surface area contributed by atoms with Crippen LogP contribution in [0.3, 0.4) is 0 Å². The zero-order valence-corrected chi connectivity index (χ0v) is 12.4. The highest BCUT2D eigenvalue weighted by molar-refractivity contribution is 9.09. The number of anilines is 1. The van der Waals surface area contributed by atoms with Gasteiger partial charge in [-0.25, -0.2) is 4.98 Å². The van der Waals surface area contributed by atoms with Crippen LogP contribution in [0.2, 0.25) is 0 Å². The van der Waals surface area contributed by atoms with Crippen molar-refractivity contribution in [3.63, 3.8) is 0 Å². The van der Waals surface area contributed by atoms with Gasteiger partial charge < -0.3 is 9.47 Å². The van der Waals surface area contributed by atoms with Crippen LogP contribution in [0, 0.1) is 0 Å². The number of alkyl halides is 1. The predicted octanol–water partition coefficient (Wildman–Crippen LogP) is 2.41. The highest BCUT2D eigenvalue weighted by Crippen LogP contribution is 2.27. The molecule has 0 spiro atoms. The lowest BCUT2D eigenvalue weighted by Crippen LogP contribution is -2.45. The minimum absolute atomic E-state index is 0.0430. The van der Waals surface area contributed by atoms with Crippen LogP contribution >= 0.6 is 15.9 Å². The lowest BCUT2D eigenvalue weighted by atomic mass is 9.91. The number of aryl methyl sites for hydroxylation is 1. The number of rotatable bonds is 6. The van der Waals surface area contributed by atoms with Crippen molar-refractivity contribution >= 4 is 21.7 Å². The molecule has 0 aromatic carbocycles. The Morgan fingerprint density at radius 1 is 1.56 bits per heavy atom. The van der Waals surface area contributed by atoms with Gasteiger partial charge in [-0.15, -0.1) is 0 Å². The fraction of sp³-hybridized carbons (Fsp3) is 0.692. The van der Waals surface area contributed by atoms with E-state index >= 15 is 0 Å². The Hall–Kier alpha value is -0.840. The van der Waals surface area contributed by atoms with Crippen LogP contribution in [0.25, 0.3) is 0 Å². The van der Waals surface area contributed by atoms with Crippen LogP contribution in [0.1, 0.15) is 32.6 Å². The Balaban J connectivity index is 2.26. The second-order valence-corrected chi connectivity index (χ2v) is 5.46. The third-order valence-corrected chi connectivity index (χ3v) is 4.12. The molecule has 0 unspecified atom stereocenters. The molecule has 4 nitrogen and oxygen atoms in total. The first-order valence-corrected chi connectivity index (χ1v) is 7.78. The van der Waals surface area contributed by atoms with Gasteiger partial charge in [-0.1, -0.05) is 15.9 Å². The number of hydrogen-bond donors (Lipinski definition) is 0. The van der Waals surface area contributed by atoms with Crippen molar-refractivity contribution < 1.29 is 0 Å². The largest absolute Gasteiger partial charge is 0.349 e. The summed E-state index contributed by atoms with van der Waals surface area (Å²) in [5.41, 5.74) is 0.0430. The maximum atomic E-state index is 12.3. The molecule has 0 amide bonds. The fourth-order valence-corrected chi connectivity index (χ4v) is 2.52. The molecule has 0 N–H and O–H groups in total. The maximum absolute atomic E-state index is 12.3. The van der Waals surface area contributed by atoms with E-state index in [0.29, 0.717) is 18.4 Å². The summed E-state index contributed by atoms with van der Waals surface area (Å²) in [5, 5.41) is 0.963. The van der Waals surface area contributed by atoms with E-state index in [-0.39, 0.29) is 5.56 Å². The normalized spacial score (nSPS) is 15.4. The quantitative estimate of drug-likeness (QED) is 0.757. The fourth-order valence-electron chi connectivity index (χ4n) is 2.27. The lowest BCUT2D eigenvalue weighted by Gasteiger charge is -2.38. The van der Waals surface area contributed by atoms with Gasteiger partial charge in [0, 0.05) is 36.9 Å². The highest BCUT2D eigenvalue weighted by Gasteiger charge is 2.27. The van der Waals surface area contributed by atoms with E-state index in [1.54, 1.807) is 17.0 Å². The first-order valence-electron chi connectivity index (χ1n) is 6.66. The standard InChI is InChI=1S/C13H20BrN3O/c1-2-16-10-8-15-12(13(16)18)17(9-4-7-14)11-5-3-6-11/h8,10-11H,2-7,9H2,1H3. The number of nitrogens with zero attached hydrogens (tertiary/aromatic N) is 3. The van der Waals surface area contributed by atoms with Crippen LogP contribution in [-0.2, 0) is 6.54 Å². The van der Waals surface area contributed by atoms with Crippen LogP contribution in [0.4, 0.5) is 5.82 Å². The zero-order chi connectivity index (χ0) is 13.0. The van der Waals surface area contributed by atoms with Crippen molar-refractivity contribution in [3.05, 3.63) is 22.7 Å². The first-order chi connectivity index (χ1) is 8.77. The monoisotopic (exact) mass is 313 g/mol. The van der Waals surface area contributed by atoms with E-state index in [9.17, 15) is 4.79 Å². The summed E-state index contributed by atoms with van der Waals surface area (Å²) in [6.45, 7) is 3.59. The van der Waals surface area contributed by atoms with Crippen LogP contribution < -0.4 is 10.5 Å². The SMILES string of the molecule is CCn1ccnc(N(CCCBr)C2CCC2)c1=O. The molecule has 0 aliphatic heterocycles. The molecule has 1 heterocycles. The van der Waals surface area contributed by atoms with E-state index < -0.39 is 0 Å². The van der Waals surface area contributed by atoms with Gasteiger partial charge in [0.25, 0.3) is 5.56 Å². The van der Waals surface area contributed by atoms with E-state index in [1.807, 2.05) is 6.92 Å². The summed E-state index contributed by atoms with van der Waals surface area (Å²) >= 11 is 3.46. The molecule has 0 atom stereocenters. The van der Waals surface area contributed by atoms with Crippen molar-refractivity contribution in [2.75, 3.05) is 16.8 Å². The van der Waals surface area contributed by atoms with Crippen molar-refractivity contribution in [2.45, 2.75) is 45.2 Å². The van der Waals surface area contributed by atoms with Gasteiger partial charge in [0.05, 0.1) is 0 Å². The van der Waals surface area contributed by atoms with Gasteiger partial charge in [-0.05, 0) is 32.6 Å². The Bertz CT molecular complexity index is 442. The Labute approximate surface area is 116 Å². The molecular formula is C13H20BrN3O. The van der Waals surface area contributed by atoms with Gasteiger partial charge in [-0.2, -0.15) is 0 Å². The molecule has 1 aliphatic rings. The summed E-state index contributed by atoms with van der Waals surface area (Å²) in [6.07, 6.45) is 8.17. The summed E-state index contributed by atoms with van der Waals surface area (Å²) in [4.78, 5) is 18.8. The molecule has 0 saturated heterocycles. The second-order valence-electron chi connectivity index (χ2n) is 4.66. The summed E-state index contributed by atoms with van der Waals surface area (Å²) < 4.78 is 1.72. The molecule has 0 bridgehead atoms. The van der Waals surface area contributed by atoms with Gasteiger partial charge in [0.2, 0.25) is 0 Å². The highest BCUT2D eigenvalue weighted by atomic mass is 79.9. The third kappa shape index (κ3) is 2.76. The lowest BCUT2D eigenvalue weighted by molar-refractivity contribution is 0.382. The number of aromatic nitrogens is 2. The number of halogens is 1. The minimum Gasteiger partial charge on any atom is -0.349 e. The average Bonchev–Trinajstić information content (AvgIpc) is 2.32. The molecule has 2 rings (SSSR count). The molecule has 5 heteroatoms. The van der Waals surface area contributed by atoms with E-state index in [4.69, 9.17) is 0 Å². The summed E-state index contributed by atoms with van der Waals surface area (Å²) in [5.74, 6) is 0.630. The first kappa shape index (κ1) is 13.6. The van der Waals surface area contributed by atoms with Gasteiger partial charge in [0.15, 0.2) is 5.82 Å². The molecule has 1 saturated carbocycles. The smallest absolute Gasteiger partial charge is 0.293 e. The van der Waals surface area contributed by atoms with Gasteiger partial charge in [0.1, 0.15) is 0 Å². The second kappa shape index (κ2) is 6.36. The van der Waals surface area contributed by atoms with Gasteiger partial charge in [-0.3, -0.25) is 4.79 Å². The molecule has 1 aromatic rings. The van der Waals surface area contributed by atoms with Crippen LogP contribution in [0.15, 0.2) is 17.2 Å². The van der Waals surface area contributed by atoms with Crippen molar-refractivity contribution in [3.8, 4) is 0 Å². The molecular weight excluding hydrogens is 294 g/mol. The van der Waals surface area contributed by atoms with Gasteiger partial charge >= 0.3 is 0 Å². The maximum Gasteiger partial charge on any atom is 0.293 e. The molecule has 1 fully saturated rings. The third-order valence-electron chi connectivity index (χ3n) is 3.56. The van der Waals surface area contributed by atoms with Crippen molar-refractivity contribution in [1.82, 2.24) is 9.55 Å². The zero-order valence-electron chi connectivity index (χ0n) is 10.8. The van der Waals surface area contributed by atoms with E-state index in [1.165, 1.54) is 19.3 Å². The Kier molecular flexibility index (Phi) is 4.80. The van der Waals surface area contributed by atoms with Crippen molar-refractivity contribution in [2.24, 2.45) is 0 Å². The molecule has 0 radical (unpaired) electrons. The van der Waals surface area contributed by atoms with E-state index in [2.05, 4.69) is 25.8 Å².